The van der Waals surface area contributed by atoms with Gasteiger partial charge in [-0.3, -0.25) is 4.79 Å². The number of nitrogens with one attached hydrogen (secondary N) is 1. The second kappa shape index (κ2) is 6.27. The summed E-state index contributed by atoms with van der Waals surface area (Å²) < 4.78 is 0. The van der Waals surface area contributed by atoms with E-state index in [4.69, 9.17) is 0 Å². The molecule has 1 amide bonds. The predicted octanol–water partition coefficient (Wildman–Crippen LogP) is 2.94. The Balaban J connectivity index is 1.70. The Morgan fingerprint density at radius 3 is 2.76 bits per heavy atom. The van der Waals surface area contributed by atoms with Crippen LogP contribution in [-0.4, -0.2) is 30.4 Å². The fourth-order valence-corrected chi connectivity index (χ4v) is 3.02. The maximum Gasteiger partial charge on any atom is 0.239 e. The van der Waals surface area contributed by atoms with Gasteiger partial charge in [-0.25, -0.2) is 0 Å². The number of hydrogen-bond acceptors (Lipinski definition) is 2. The average molecular weight is 282 g/mol. The molecule has 1 saturated heterocycles. The highest BCUT2D eigenvalue weighted by Gasteiger charge is 2.23. The standard InChI is InChI=1S/C18H22N2O/c1-20(18(21)17-8-4-5-11-19-17)13-14-9-10-15-6-2-3-7-16(15)12-14/h2-3,6-7,9-10,12,17,19H,4-5,8,11,13H2,1H3. The van der Waals surface area contributed by atoms with Crippen molar-refractivity contribution in [3.8, 4) is 0 Å². The van der Waals surface area contributed by atoms with Gasteiger partial charge in [0.2, 0.25) is 5.91 Å². The number of benzene rings is 2. The third kappa shape index (κ3) is 3.24. The number of hydrogen-bond donors (Lipinski definition) is 1. The van der Waals surface area contributed by atoms with Crippen molar-refractivity contribution in [1.29, 1.82) is 0 Å². The summed E-state index contributed by atoms with van der Waals surface area (Å²) >= 11 is 0. The summed E-state index contributed by atoms with van der Waals surface area (Å²) in [5.74, 6) is 0.211. The fourth-order valence-electron chi connectivity index (χ4n) is 3.02. The second-order valence-corrected chi connectivity index (χ2v) is 5.88. The Labute approximate surface area is 125 Å². The van der Waals surface area contributed by atoms with E-state index in [0.29, 0.717) is 6.54 Å². The molecule has 1 unspecified atom stereocenters. The molecule has 1 atom stereocenters. The van der Waals surface area contributed by atoms with Crippen molar-refractivity contribution in [2.24, 2.45) is 0 Å². The summed E-state index contributed by atoms with van der Waals surface area (Å²) in [6, 6.07) is 14.7. The molecule has 1 aliphatic heterocycles. The molecule has 3 heteroatoms. The number of likely N-dealkylation sites (N-methyl/N-ethyl adjacent to an activating group) is 1. The average Bonchev–Trinajstić information content (AvgIpc) is 2.55. The zero-order chi connectivity index (χ0) is 14.7. The van der Waals surface area contributed by atoms with E-state index in [1.165, 1.54) is 22.8 Å². The molecule has 0 aromatic heterocycles. The van der Waals surface area contributed by atoms with Crippen LogP contribution in [0.3, 0.4) is 0 Å². The van der Waals surface area contributed by atoms with Gasteiger partial charge in [0, 0.05) is 13.6 Å². The quantitative estimate of drug-likeness (QED) is 0.938. The molecule has 0 spiro atoms. The van der Waals surface area contributed by atoms with Gasteiger partial charge < -0.3 is 10.2 Å². The lowest BCUT2D eigenvalue weighted by Crippen LogP contribution is -2.46. The molecule has 1 heterocycles. The van der Waals surface area contributed by atoms with E-state index in [-0.39, 0.29) is 11.9 Å². The van der Waals surface area contributed by atoms with E-state index >= 15 is 0 Å². The Morgan fingerprint density at radius 2 is 2.00 bits per heavy atom. The molecule has 1 N–H and O–H groups in total. The number of carbonyl (C=O) groups is 1. The normalized spacial score (nSPS) is 18.6. The van der Waals surface area contributed by atoms with Gasteiger partial charge in [0.15, 0.2) is 0 Å². The van der Waals surface area contributed by atoms with E-state index in [2.05, 4.69) is 35.6 Å². The van der Waals surface area contributed by atoms with Crippen molar-refractivity contribution in [2.45, 2.75) is 31.8 Å². The molecule has 2 aromatic carbocycles. The SMILES string of the molecule is CN(Cc1ccc2ccccc2c1)C(=O)C1CCCCN1. The summed E-state index contributed by atoms with van der Waals surface area (Å²) in [5.41, 5.74) is 1.18. The van der Waals surface area contributed by atoms with Crippen molar-refractivity contribution in [1.82, 2.24) is 10.2 Å². The second-order valence-electron chi connectivity index (χ2n) is 5.88. The predicted molar refractivity (Wildman–Crippen MR) is 86.1 cm³/mol. The molecule has 0 radical (unpaired) electrons. The number of rotatable bonds is 3. The zero-order valence-corrected chi connectivity index (χ0v) is 12.5. The topological polar surface area (TPSA) is 32.3 Å². The van der Waals surface area contributed by atoms with Crippen molar-refractivity contribution in [3.05, 3.63) is 48.0 Å². The molecule has 0 aliphatic carbocycles. The van der Waals surface area contributed by atoms with Crippen molar-refractivity contribution in [3.63, 3.8) is 0 Å². The van der Waals surface area contributed by atoms with Gasteiger partial charge >= 0.3 is 0 Å². The van der Waals surface area contributed by atoms with Gasteiger partial charge in [0.25, 0.3) is 0 Å². The summed E-state index contributed by atoms with van der Waals surface area (Å²) in [6.07, 6.45) is 3.28. The van der Waals surface area contributed by atoms with Crippen LogP contribution in [0.4, 0.5) is 0 Å². The minimum Gasteiger partial charge on any atom is -0.340 e. The van der Waals surface area contributed by atoms with Crippen LogP contribution in [0.25, 0.3) is 10.8 Å². The smallest absolute Gasteiger partial charge is 0.239 e. The molecule has 0 bridgehead atoms. The number of nitrogens with zero attached hydrogens (tertiary/aromatic N) is 1. The van der Waals surface area contributed by atoms with E-state index in [1.807, 2.05) is 24.1 Å². The lowest BCUT2D eigenvalue weighted by atomic mass is 10.0. The zero-order valence-electron chi connectivity index (χ0n) is 12.5. The van der Waals surface area contributed by atoms with Crippen LogP contribution < -0.4 is 5.32 Å². The van der Waals surface area contributed by atoms with Crippen LogP contribution >= 0.6 is 0 Å². The molecule has 21 heavy (non-hydrogen) atoms. The fraction of sp³-hybridized carbons (Fsp3) is 0.389. The largest absolute Gasteiger partial charge is 0.340 e. The molecular formula is C18H22N2O. The van der Waals surface area contributed by atoms with Crippen molar-refractivity contribution in [2.75, 3.05) is 13.6 Å². The van der Waals surface area contributed by atoms with Crippen LogP contribution in [0.2, 0.25) is 0 Å². The van der Waals surface area contributed by atoms with Crippen molar-refractivity contribution >= 4 is 16.7 Å². The van der Waals surface area contributed by atoms with Crippen LogP contribution in [-0.2, 0) is 11.3 Å². The Hall–Kier alpha value is -1.87. The van der Waals surface area contributed by atoms with Gasteiger partial charge in [0.05, 0.1) is 6.04 Å². The van der Waals surface area contributed by atoms with Gasteiger partial charge in [-0.15, -0.1) is 0 Å². The minimum atomic E-state index is 0.00389. The first-order valence-electron chi connectivity index (χ1n) is 7.70. The highest BCUT2D eigenvalue weighted by atomic mass is 16.2. The highest BCUT2D eigenvalue weighted by Crippen LogP contribution is 2.17. The number of fused-ring (bicyclic) bond motifs is 1. The van der Waals surface area contributed by atoms with Gasteiger partial charge in [-0.1, -0.05) is 42.8 Å². The van der Waals surface area contributed by atoms with E-state index < -0.39 is 0 Å². The first-order chi connectivity index (χ1) is 10.2. The summed E-state index contributed by atoms with van der Waals surface area (Å²) in [6.45, 7) is 1.63. The molecule has 1 fully saturated rings. The van der Waals surface area contributed by atoms with Crippen LogP contribution in [0.15, 0.2) is 42.5 Å². The highest BCUT2D eigenvalue weighted by molar-refractivity contribution is 5.84. The van der Waals surface area contributed by atoms with E-state index in [0.717, 1.165) is 19.4 Å². The lowest BCUT2D eigenvalue weighted by Gasteiger charge is -2.27. The molecule has 110 valence electrons. The summed E-state index contributed by atoms with van der Waals surface area (Å²) in [5, 5.41) is 5.79. The lowest BCUT2D eigenvalue weighted by molar-refractivity contribution is -0.133. The Morgan fingerprint density at radius 1 is 1.19 bits per heavy atom. The summed E-state index contributed by atoms with van der Waals surface area (Å²) in [7, 11) is 1.90. The van der Waals surface area contributed by atoms with E-state index in [9.17, 15) is 4.79 Å². The third-order valence-corrected chi connectivity index (χ3v) is 4.22. The Kier molecular flexibility index (Phi) is 4.20. The van der Waals surface area contributed by atoms with Gasteiger partial charge in [0.1, 0.15) is 0 Å². The van der Waals surface area contributed by atoms with E-state index in [1.54, 1.807) is 0 Å². The summed E-state index contributed by atoms with van der Waals surface area (Å²) in [4.78, 5) is 14.3. The van der Waals surface area contributed by atoms with Gasteiger partial charge in [-0.05, 0) is 41.8 Å². The van der Waals surface area contributed by atoms with Crippen LogP contribution in [0.1, 0.15) is 24.8 Å². The molecule has 3 nitrogen and oxygen atoms in total. The Bertz CT molecular complexity index is 632. The monoisotopic (exact) mass is 282 g/mol. The maximum atomic E-state index is 12.4. The molecular weight excluding hydrogens is 260 g/mol. The maximum absolute atomic E-state index is 12.4. The van der Waals surface area contributed by atoms with Crippen LogP contribution in [0, 0.1) is 0 Å². The minimum absolute atomic E-state index is 0.00389. The number of piperidine rings is 1. The van der Waals surface area contributed by atoms with Crippen LogP contribution in [0.5, 0.6) is 0 Å². The number of amides is 1. The first-order valence-corrected chi connectivity index (χ1v) is 7.70. The molecule has 1 aliphatic rings. The third-order valence-electron chi connectivity index (χ3n) is 4.22. The molecule has 3 rings (SSSR count). The molecule has 2 aromatic rings. The van der Waals surface area contributed by atoms with Gasteiger partial charge in [-0.2, -0.15) is 0 Å². The number of carbonyl (C=O) groups excluding carboxylic acids is 1. The van der Waals surface area contributed by atoms with Crippen molar-refractivity contribution < 1.29 is 4.79 Å². The first kappa shape index (κ1) is 14.1. The molecule has 0 saturated carbocycles.